The normalized spacial score (nSPS) is 12.9. The molecule has 0 aliphatic carbocycles. The largest absolute Gasteiger partial charge is 0.433 e. The molecule has 0 aliphatic rings. The first-order valence-electron chi connectivity index (χ1n) is 11.6. The first kappa shape index (κ1) is 27.4. The number of aryl methyl sites for hydroxylation is 1. The number of hydrogen-bond acceptors (Lipinski definition) is 5. The van der Waals surface area contributed by atoms with Crippen LogP contribution in [0.3, 0.4) is 0 Å². The van der Waals surface area contributed by atoms with E-state index in [1.807, 2.05) is 6.07 Å². The highest BCUT2D eigenvalue weighted by atomic mass is 32.2. The van der Waals surface area contributed by atoms with Crippen LogP contribution in [0.2, 0.25) is 18.1 Å². The predicted octanol–water partition coefficient (Wildman–Crippen LogP) is 5.37. The number of nitrogens with one attached hydrogen (secondary N) is 1. The first-order chi connectivity index (χ1) is 17.5. The fourth-order valence-electron chi connectivity index (χ4n) is 3.38. The average molecular weight is 561 g/mol. The van der Waals surface area contributed by atoms with Crippen molar-refractivity contribution >= 4 is 34.7 Å². The topological polar surface area (TPSA) is 94.7 Å². The van der Waals surface area contributed by atoms with Crippen LogP contribution in [0.5, 0.6) is 0 Å². The monoisotopic (exact) mass is 560 g/mol. The summed E-state index contributed by atoms with van der Waals surface area (Å²) in [6.07, 6.45) is 0.173. The van der Waals surface area contributed by atoms with Crippen molar-refractivity contribution in [3.8, 4) is 17.2 Å². The number of aromatic nitrogens is 5. The predicted molar refractivity (Wildman–Crippen MR) is 142 cm³/mol. The number of rotatable bonds is 4. The van der Waals surface area contributed by atoms with Gasteiger partial charge in [0.1, 0.15) is 18.7 Å². The Morgan fingerprint density at radius 1 is 1.05 bits per heavy atom. The number of sulfonamides is 1. The lowest BCUT2D eigenvalue weighted by molar-refractivity contribution is -0.141. The highest BCUT2D eigenvalue weighted by Gasteiger charge is 2.34. The molecule has 200 valence electrons. The van der Waals surface area contributed by atoms with Crippen molar-refractivity contribution in [2.24, 2.45) is 7.05 Å². The highest BCUT2D eigenvalue weighted by Crippen LogP contribution is 2.36. The van der Waals surface area contributed by atoms with Gasteiger partial charge in [-0.15, -0.1) is 5.54 Å². The van der Waals surface area contributed by atoms with Gasteiger partial charge in [-0.3, -0.25) is 14.4 Å². The molecule has 4 aromatic rings. The molecule has 0 radical (unpaired) electrons. The Kier molecular flexibility index (Phi) is 6.69. The summed E-state index contributed by atoms with van der Waals surface area (Å²) in [5.41, 5.74) is 3.63. The SMILES string of the molecule is Cn1ncc2ccc(C#C[Si](C)(C)C(C)(C)C)c(NS(=O)(=O)c3cnn(-c4ccnc(C(F)(F)F)c4)c3)c21. The summed E-state index contributed by atoms with van der Waals surface area (Å²) in [6, 6.07) is 5.68. The van der Waals surface area contributed by atoms with Gasteiger partial charge in [-0.2, -0.15) is 23.4 Å². The van der Waals surface area contributed by atoms with E-state index in [-0.39, 0.29) is 21.3 Å². The molecule has 0 atom stereocenters. The van der Waals surface area contributed by atoms with Gasteiger partial charge in [0, 0.05) is 18.6 Å². The van der Waals surface area contributed by atoms with E-state index >= 15 is 0 Å². The Balaban J connectivity index is 1.76. The molecule has 0 saturated carbocycles. The van der Waals surface area contributed by atoms with Gasteiger partial charge in [0.2, 0.25) is 0 Å². The van der Waals surface area contributed by atoms with E-state index < -0.39 is 30.0 Å². The molecule has 0 saturated heterocycles. The molecule has 0 aliphatic heterocycles. The molecule has 0 spiro atoms. The minimum atomic E-state index is -4.65. The zero-order valence-corrected chi connectivity index (χ0v) is 23.5. The van der Waals surface area contributed by atoms with E-state index in [0.29, 0.717) is 11.1 Å². The Bertz CT molecular complexity index is 1690. The number of halogens is 3. The lowest BCUT2D eigenvalue weighted by atomic mass is 10.1. The third-order valence-corrected chi connectivity index (χ3v) is 12.5. The second-order valence-electron chi connectivity index (χ2n) is 10.4. The minimum Gasteiger partial charge on any atom is -0.276 e. The van der Waals surface area contributed by atoms with Gasteiger partial charge in [0.15, 0.2) is 0 Å². The summed E-state index contributed by atoms with van der Waals surface area (Å²) < 4.78 is 71.3. The smallest absolute Gasteiger partial charge is 0.276 e. The molecule has 0 amide bonds. The first-order valence-corrected chi connectivity index (χ1v) is 16.1. The number of nitrogens with zero attached hydrogens (tertiary/aromatic N) is 5. The van der Waals surface area contributed by atoms with E-state index in [1.165, 1.54) is 6.07 Å². The number of hydrogen-bond donors (Lipinski definition) is 1. The highest BCUT2D eigenvalue weighted by molar-refractivity contribution is 7.92. The molecule has 1 N–H and O–H groups in total. The third kappa shape index (κ3) is 5.32. The summed E-state index contributed by atoms with van der Waals surface area (Å²) in [5, 5.41) is 8.94. The van der Waals surface area contributed by atoms with Crippen molar-refractivity contribution in [2.45, 2.75) is 50.0 Å². The lowest BCUT2D eigenvalue weighted by Gasteiger charge is -2.31. The Hall–Kier alpha value is -3.63. The van der Waals surface area contributed by atoms with E-state index in [0.717, 1.165) is 34.7 Å². The van der Waals surface area contributed by atoms with Crippen LogP contribution in [0.15, 0.2) is 53.9 Å². The number of alkyl halides is 3. The average Bonchev–Trinajstić information content (AvgIpc) is 3.45. The molecular formula is C25H27F3N6O2SSi. The van der Waals surface area contributed by atoms with Crippen LogP contribution in [0.25, 0.3) is 16.6 Å². The number of benzene rings is 1. The maximum atomic E-state index is 13.4. The zero-order chi connectivity index (χ0) is 28.1. The third-order valence-electron chi connectivity index (χ3n) is 6.69. The Morgan fingerprint density at radius 2 is 1.76 bits per heavy atom. The molecular weight excluding hydrogens is 533 g/mol. The van der Waals surface area contributed by atoms with Crippen molar-refractivity contribution in [3.63, 3.8) is 0 Å². The molecule has 1 aromatic carbocycles. The molecule has 8 nitrogen and oxygen atoms in total. The lowest BCUT2D eigenvalue weighted by Crippen LogP contribution is -2.35. The maximum absolute atomic E-state index is 13.4. The molecule has 38 heavy (non-hydrogen) atoms. The van der Waals surface area contributed by atoms with Crippen molar-refractivity contribution in [1.29, 1.82) is 0 Å². The number of anilines is 1. The molecule has 0 unspecified atom stereocenters. The summed E-state index contributed by atoms with van der Waals surface area (Å²) >= 11 is 0. The van der Waals surface area contributed by atoms with Crippen molar-refractivity contribution in [1.82, 2.24) is 24.5 Å². The van der Waals surface area contributed by atoms with Gasteiger partial charge in [-0.1, -0.05) is 39.8 Å². The molecule has 0 bridgehead atoms. The summed E-state index contributed by atoms with van der Waals surface area (Å²) in [5.74, 6) is 3.20. The van der Waals surface area contributed by atoms with Gasteiger partial charge < -0.3 is 0 Å². The van der Waals surface area contributed by atoms with Gasteiger partial charge in [0.05, 0.1) is 41.0 Å². The van der Waals surface area contributed by atoms with Crippen LogP contribution in [-0.2, 0) is 23.2 Å². The molecule has 4 rings (SSSR count). The van der Waals surface area contributed by atoms with Crippen molar-refractivity contribution in [3.05, 3.63) is 60.3 Å². The van der Waals surface area contributed by atoms with Gasteiger partial charge in [-0.25, -0.2) is 13.1 Å². The van der Waals surface area contributed by atoms with Crippen molar-refractivity contribution in [2.75, 3.05) is 4.72 Å². The van der Waals surface area contributed by atoms with Gasteiger partial charge >= 0.3 is 6.18 Å². The van der Waals surface area contributed by atoms with E-state index in [1.54, 1.807) is 24.0 Å². The van der Waals surface area contributed by atoms with E-state index in [4.69, 9.17) is 0 Å². The molecule has 13 heteroatoms. The van der Waals surface area contributed by atoms with E-state index in [2.05, 4.69) is 65.2 Å². The minimum absolute atomic E-state index is 0.00379. The Labute approximate surface area is 219 Å². The fourth-order valence-corrected chi connectivity index (χ4v) is 5.22. The maximum Gasteiger partial charge on any atom is 0.433 e. The summed E-state index contributed by atoms with van der Waals surface area (Å²) in [7, 11) is -4.51. The standard InChI is InChI=1S/C25H27F3N6O2SSi/c1-24(2,3)38(5,6)12-10-17-7-8-18-14-30-33(4)23(18)22(17)32-37(35,36)20-15-31-34(16-20)19-9-11-29-21(13-19)25(26,27)28/h7-9,11,13-16,32H,1-6H3. The second kappa shape index (κ2) is 9.28. The van der Waals surface area contributed by atoms with Crippen LogP contribution in [0.4, 0.5) is 18.9 Å². The van der Waals surface area contributed by atoms with Crippen LogP contribution in [-0.4, -0.2) is 41.0 Å². The van der Waals surface area contributed by atoms with Crippen molar-refractivity contribution < 1.29 is 21.6 Å². The van der Waals surface area contributed by atoms with E-state index in [9.17, 15) is 21.6 Å². The molecule has 3 heterocycles. The van der Waals surface area contributed by atoms with Gasteiger partial charge in [0.25, 0.3) is 10.0 Å². The zero-order valence-electron chi connectivity index (χ0n) is 21.7. The molecule has 3 aromatic heterocycles. The molecule has 0 fully saturated rings. The Morgan fingerprint density at radius 3 is 2.42 bits per heavy atom. The second-order valence-corrected chi connectivity index (χ2v) is 17.1. The summed E-state index contributed by atoms with van der Waals surface area (Å²) in [4.78, 5) is 3.09. The number of pyridine rings is 1. The summed E-state index contributed by atoms with van der Waals surface area (Å²) in [6.45, 7) is 10.7. The van der Waals surface area contributed by atoms with Crippen LogP contribution in [0, 0.1) is 11.5 Å². The van der Waals surface area contributed by atoms with Gasteiger partial charge in [-0.05, 0) is 29.3 Å². The van der Waals surface area contributed by atoms with Crippen LogP contribution >= 0.6 is 0 Å². The number of fused-ring (bicyclic) bond motifs is 1. The van der Waals surface area contributed by atoms with Crippen LogP contribution in [0.1, 0.15) is 32.0 Å². The quantitative estimate of drug-likeness (QED) is 0.267. The fraction of sp³-hybridized carbons (Fsp3) is 0.320. The van der Waals surface area contributed by atoms with Crippen LogP contribution < -0.4 is 4.72 Å².